The maximum Gasteiger partial charge on any atom is 0.129 e. The van der Waals surface area contributed by atoms with E-state index in [1.165, 1.54) is 6.07 Å². The third kappa shape index (κ3) is 2.95. The van der Waals surface area contributed by atoms with E-state index >= 15 is 0 Å². The molecule has 19 heavy (non-hydrogen) atoms. The van der Waals surface area contributed by atoms with Gasteiger partial charge in [0.1, 0.15) is 11.6 Å². The fraction of sp³-hybridized carbons (Fsp3) is 0.133. The number of rotatable bonds is 3. The van der Waals surface area contributed by atoms with Gasteiger partial charge in [-0.25, -0.2) is 8.78 Å². The van der Waals surface area contributed by atoms with Crippen LogP contribution in [0.1, 0.15) is 22.8 Å². The lowest BCUT2D eigenvalue weighted by Crippen LogP contribution is -2.05. The normalized spacial score (nSPS) is 11.9. The van der Waals surface area contributed by atoms with Crippen LogP contribution in [0.15, 0.2) is 42.5 Å². The monoisotopic (exact) mass is 259 g/mol. The maximum absolute atomic E-state index is 13.5. The molecule has 0 saturated carbocycles. The molecule has 0 heterocycles. The summed E-state index contributed by atoms with van der Waals surface area (Å²) in [5, 5.41) is 18.6. The molecule has 0 radical (unpaired) electrons. The van der Waals surface area contributed by atoms with Gasteiger partial charge in [-0.15, -0.1) is 0 Å². The molecule has 1 N–H and O–H groups in total. The molecule has 0 aliphatic heterocycles. The summed E-state index contributed by atoms with van der Waals surface area (Å²) in [5.41, 5.74) is 0.842. The molecular weight excluding hydrogens is 248 g/mol. The van der Waals surface area contributed by atoms with Crippen LogP contribution in [0.25, 0.3) is 0 Å². The van der Waals surface area contributed by atoms with E-state index in [2.05, 4.69) is 0 Å². The highest BCUT2D eigenvalue weighted by molar-refractivity contribution is 5.33. The second-order valence-corrected chi connectivity index (χ2v) is 4.15. The van der Waals surface area contributed by atoms with E-state index < -0.39 is 17.7 Å². The fourth-order valence-corrected chi connectivity index (χ4v) is 1.82. The van der Waals surface area contributed by atoms with Crippen molar-refractivity contribution in [3.63, 3.8) is 0 Å². The van der Waals surface area contributed by atoms with E-state index in [1.54, 1.807) is 24.3 Å². The van der Waals surface area contributed by atoms with Crippen molar-refractivity contribution in [2.75, 3.05) is 0 Å². The quantitative estimate of drug-likeness (QED) is 0.920. The lowest BCUT2D eigenvalue weighted by molar-refractivity contribution is 0.175. The van der Waals surface area contributed by atoms with Crippen LogP contribution in [0.2, 0.25) is 0 Å². The van der Waals surface area contributed by atoms with E-state index in [-0.39, 0.29) is 12.0 Å². The first-order chi connectivity index (χ1) is 9.11. The molecule has 1 unspecified atom stereocenters. The molecule has 0 aliphatic carbocycles. The molecule has 0 fully saturated rings. The molecule has 96 valence electrons. The Kier molecular flexibility index (Phi) is 3.88. The molecule has 2 aromatic rings. The van der Waals surface area contributed by atoms with E-state index in [0.717, 1.165) is 12.1 Å². The highest BCUT2D eigenvalue weighted by Gasteiger charge is 2.15. The van der Waals surface area contributed by atoms with Crippen molar-refractivity contribution < 1.29 is 13.9 Å². The van der Waals surface area contributed by atoms with Gasteiger partial charge in [0.25, 0.3) is 0 Å². The first kappa shape index (κ1) is 13.2. The van der Waals surface area contributed by atoms with Gasteiger partial charge in [0, 0.05) is 12.0 Å². The highest BCUT2D eigenvalue weighted by Crippen LogP contribution is 2.22. The van der Waals surface area contributed by atoms with Gasteiger partial charge in [-0.2, -0.15) is 5.26 Å². The molecule has 2 aromatic carbocycles. The minimum atomic E-state index is -1.01. The molecule has 0 bridgehead atoms. The number of nitriles is 1. The Bertz CT molecular complexity index is 597. The van der Waals surface area contributed by atoms with Crippen molar-refractivity contribution in [3.05, 3.63) is 70.8 Å². The van der Waals surface area contributed by atoms with Crippen LogP contribution in [-0.2, 0) is 6.42 Å². The Morgan fingerprint density at radius 3 is 2.16 bits per heavy atom. The Labute approximate surface area is 109 Å². The number of hydrogen-bond donors (Lipinski definition) is 1. The van der Waals surface area contributed by atoms with Gasteiger partial charge in [0.05, 0.1) is 17.7 Å². The van der Waals surface area contributed by atoms with E-state index in [1.807, 2.05) is 6.07 Å². The van der Waals surface area contributed by atoms with Crippen molar-refractivity contribution in [3.8, 4) is 6.07 Å². The summed E-state index contributed by atoms with van der Waals surface area (Å²) in [5.74, 6) is -1.35. The lowest BCUT2D eigenvalue weighted by atomic mass is 10.00. The number of halogens is 2. The zero-order chi connectivity index (χ0) is 13.8. The predicted molar refractivity (Wildman–Crippen MR) is 66.2 cm³/mol. The minimum absolute atomic E-state index is 0.139. The fourth-order valence-electron chi connectivity index (χ4n) is 1.82. The van der Waals surface area contributed by atoms with Crippen LogP contribution in [0, 0.1) is 23.0 Å². The largest absolute Gasteiger partial charge is 0.388 e. The zero-order valence-corrected chi connectivity index (χ0v) is 9.98. The molecule has 2 nitrogen and oxygen atoms in total. The molecule has 0 aliphatic rings. The van der Waals surface area contributed by atoms with Crippen LogP contribution >= 0.6 is 0 Å². The third-order valence-corrected chi connectivity index (χ3v) is 2.88. The minimum Gasteiger partial charge on any atom is -0.388 e. The van der Waals surface area contributed by atoms with Gasteiger partial charge in [-0.05, 0) is 29.8 Å². The Hall–Kier alpha value is -2.25. The van der Waals surface area contributed by atoms with Gasteiger partial charge in [-0.3, -0.25) is 0 Å². The van der Waals surface area contributed by atoms with Crippen LogP contribution in [-0.4, -0.2) is 5.11 Å². The second-order valence-electron chi connectivity index (χ2n) is 4.15. The standard InChI is InChI=1S/C15H11F2NO/c16-13-2-1-3-14(17)12(13)8-15(19)11-6-4-10(9-18)5-7-11/h1-7,15,19H,8H2. The highest BCUT2D eigenvalue weighted by atomic mass is 19.1. The van der Waals surface area contributed by atoms with Crippen molar-refractivity contribution in [1.82, 2.24) is 0 Å². The first-order valence-corrected chi connectivity index (χ1v) is 5.73. The number of aliphatic hydroxyl groups excluding tert-OH is 1. The number of nitrogens with zero attached hydrogens (tertiary/aromatic N) is 1. The lowest BCUT2D eigenvalue weighted by Gasteiger charge is -2.12. The van der Waals surface area contributed by atoms with Crippen molar-refractivity contribution in [1.29, 1.82) is 5.26 Å². The molecular formula is C15H11F2NO. The molecule has 0 aromatic heterocycles. The Morgan fingerprint density at radius 2 is 1.63 bits per heavy atom. The second kappa shape index (κ2) is 5.59. The van der Waals surface area contributed by atoms with Gasteiger partial charge in [0.15, 0.2) is 0 Å². The summed E-state index contributed by atoms with van der Waals surface area (Å²) in [6.45, 7) is 0. The van der Waals surface area contributed by atoms with Gasteiger partial charge < -0.3 is 5.11 Å². The van der Waals surface area contributed by atoms with Crippen LogP contribution in [0.4, 0.5) is 8.78 Å². The Morgan fingerprint density at radius 1 is 1.05 bits per heavy atom. The topological polar surface area (TPSA) is 44.0 Å². The van der Waals surface area contributed by atoms with Crippen molar-refractivity contribution in [2.24, 2.45) is 0 Å². The van der Waals surface area contributed by atoms with E-state index in [0.29, 0.717) is 11.1 Å². The summed E-state index contributed by atoms with van der Waals surface area (Å²) in [6, 6.07) is 11.8. The average Bonchev–Trinajstić information content (AvgIpc) is 2.43. The van der Waals surface area contributed by atoms with Crippen LogP contribution in [0.5, 0.6) is 0 Å². The summed E-state index contributed by atoms with van der Waals surface area (Å²) in [7, 11) is 0. The number of hydrogen-bond acceptors (Lipinski definition) is 2. The van der Waals surface area contributed by atoms with Gasteiger partial charge in [-0.1, -0.05) is 18.2 Å². The van der Waals surface area contributed by atoms with Crippen molar-refractivity contribution >= 4 is 0 Å². The van der Waals surface area contributed by atoms with E-state index in [4.69, 9.17) is 5.26 Å². The Balaban J connectivity index is 2.21. The molecule has 1 atom stereocenters. The average molecular weight is 259 g/mol. The molecule has 2 rings (SSSR count). The molecule has 0 amide bonds. The van der Waals surface area contributed by atoms with Crippen LogP contribution < -0.4 is 0 Å². The third-order valence-electron chi connectivity index (χ3n) is 2.88. The summed E-state index contributed by atoms with van der Waals surface area (Å²) < 4.78 is 26.9. The SMILES string of the molecule is N#Cc1ccc(C(O)Cc2c(F)cccc2F)cc1. The number of aliphatic hydroxyl groups is 1. The first-order valence-electron chi connectivity index (χ1n) is 5.73. The maximum atomic E-state index is 13.5. The van der Waals surface area contributed by atoms with Gasteiger partial charge >= 0.3 is 0 Å². The van der Waals surface area contributed by atoms with Crippen LogP contribution in [0.3, 0.4) is 0 Å². The zero-order valence-electron chi connectivity index (χ0n) is 9.98. The number of benzene rings is 2. The van der Waals surface area contributed by atoms with Crippen molar-refractivity contribution in [2.45, 2.75) is 12.5 Å². The smallest absolute Gasteiger partial charge is 0.129 e. The molecule has 0 spiro atoms. The van der Waals surface area contributed by atoms with E-state index in [9.17, 15) is 13.9 Å². The molecule has 0 saturated heterocycles. The summed E-state index contributed by atoms with van der Waals surface area (Å²) in [6.07, 6.45) is -1.16. The van der Waals surface area contributed by atoms with Gasteiger partial charge in [0.2, 0.25) is 0 Å². The predicted octanol–water partition coefficient (Wildman–Crippen LogP) is 3.11. The summed E-state index contributed by atoms with van der Waals surface area (Å²) >= 11 is 0. The molecule has 4 heteroatoms. The summed E-state index contributed by atoms with van der Waals surface area (Å²) in [4.78, 5) is 0.